The van der Waals surface area contributed by atoms with E-state index in [-0.39, 0.29) is 15.6 Å². The summed E-state index contributed by atoms with van der Waals surface area (Å²) in [6.45, 7) is 0.405. The second kappa shape index (κ2) is 6.71. The van der Waals surface area contributed by atoms with Crippen molar-refractivity contribution in [1.82, 2.24) is 19.8 Å². The molecule has 1 N–H and O–H groups in total. The molecule has 0 bridgehead atoms. The molecular weight excluding hydrogens is 390 g/mol. The molecule has 0 radical (unpaired) electrons. The van der Waals surface area contributed by atoms with Gasteiger partial charge >= 0.3 is 0 Å². The van der Waals surface area contributed by atoms with E-state index >= 15 is 0 Å². The van der Waals surface area contributed by atoms with Crippen LogP contribution in [0.4, 0.5) is 5.82 Å². The van der Waals surface area contributed by atoms with Crippen molar-refractivity contribution in [1.29, 1.82) is 0 Å². The van der Waals surface area contributed by atoms with Gasteiger partial charge < -0.3 is 9.73 Å². The molecule has 9 heteroatoms. The van der Waals surface area contributed by atoms with Crippen molar-refractivity contribution in [2.45, 2.75) is 16.5 Å². The van der Waals surface area contributed by atoms with Crippen LogP contribution >= 0.6 is 0 Å². The predicted octanol–water partition coefficient (Wildman–Crippen LogP) is 3.32. The van der Waals surface area contributed by atoms with E-state index < -0.39 is 9.84 Å². The van der Waals surface area contributed by atoms with E-state index in [1.807, 2.05) is 30.3 Å². The predicted molar refractivity (Wildman–Crippen MR) is 106 cm³/mol. The fourth-order valence-corrected chi connectivity index (χ4v) is 4.40. The van der Waals surface area contributed by atoms with Crippen LogP contribution in [-0.2, 0) is 16.4 Å². The molecular formula is C20H15N5O3S. The Bertz CT molecular complexity index is 1410. The Hall–Kier alpha value is -3.72. The van der Waals surface area contributed by atoms with Gasteiger partial charge in [0, 0.05) is 5.39 Å². The van der Waals surface area contributed by atoms with Gasteiger partial charge in [-0.2, -0.15) is 4.52 Å². The lowest BCUT2D eigenvalue weighted by Crippen LogP contribution is -2.07. The number of hydrogen-bond acceptors (Lipinski definition) is 7. The largest absolute Gasteiger partial charge is 0.467 e. The number of benzene rings is 2. The fourth-order valence-electron chi connectivity index (χ4n) is 3.15. The van der Waals surface area contributed by atoms with E-state index in [2.05, 4.69) is 20.6 Å². The highest BCUT2D eigenvalue weighted by Gasteiger charge is 2.26. The summed E-state index contributed by atoms with van der Waals surface area (Å²) in [6.07, 6.45) is 1.59. The van der Waals surface area contributed by atoms with Crippen molar-refractivity contribution in [3.63, 3.8) is 0 Å². The summed E-state index contributed by atoms with van der Waals surface area (Å²) in [5.41, 5.74) is 0.857. The Morgan fingerprint density at radius 2 is 1.76 bits per heavy atom. The third kappa shape index (κ3) is 2.92. The number of rotatable bonds is 5. The average molecular weight is 405 g/mol. The summed E-state index contributed by atoms with van der Waals surface area (Å²) in [4.78, 5) is 4.70. The molecule has 144 valence electrons. The Kier molecular flexibility index (Phi) is 4.02. The Labute approximate surface area is 165 Å². The average Bonchev–Trinajstić information content (AvgIpc) is 3.43. The van der Waals surface area contributed by atoms with Gasteiger partial charge in [-0.15, -0.1) is 5.10 Å². The first-order valence-electron chi connectivity index (χ1n) is 8.85. The Morgan fingerprint density at radius 1 is 0.966 bits per heavy atom. The fraction of sp³-hybridized carbons (Fsp3) is 0.0500. The zero-order valence-corrected chi connectivity index (χ0v) is 15.9. The van der Waals surface area contributed by atoms with Gasteiger partial charge in [-0.3, -0.25) is 0 Å². The van der Waals surface area contributed by atoms with Crippen LogP contribution in [-0.4, -0.2) is 28.2 Å². The van der Waals surface area contributed by atoms with Crippen molar-refractivity contribution < 1.29 is 12.8 Å². The lowest BCUT2D eigenvalue weighted by Gasteiger charge is -2.09. The number of hydrogen-bond donors (Lipinski definition) is 1. The standard InChI is InChI=1S/C20H15N5O3S/c26-29(27,15-8-2-1-3-9-15)20-19-22-18(21-13-14-7-6-12-28-14)16-10-4-5-11-17(16)25(19)24-23-20/h1-12H,13H2,(H,21,22). The Morgan fingerprint density at radius 3 is 2.55 bits per heavy atom. The van der Waals surface area contributed by atoms with Crippen LogP contribution in [0.25, 0.3) is 16.6 Å². The van der Waals surface area contributed by atoms with Gasteiger partial charge in [0.25, 0.3) is 0 Å². The maximum absolute atomic E-state index is 13.1. The third-order valence-electron chi connectivity index (χ3n) is 4.54. The molecule has 0 aliphatic carbocycles. The minimum Gasteiger partial charge on any atom is -0.467 e. The lowest BCUT2D eigenvalue weighted by molar-refractivity contribution is 0.518. The van der Waals surface area contributed by atoms with E-state index in [9.17, 15) is 8.42 Å². The highest BCUT2D eigenvalue weighted by molar-refractivity contribution is 7.91. The minimum absolute atomic E-state index is 0.141. The summed E-state index contributed by atoms with van der Waals surface area (Å²) in [7, 11) is -3.87. The van der Waals surface area contributed by atoms with E-state index in [0.717, 1.165) is 11.1 Å². The van der Waals surface area contributed by atoms with E-state index in [1.165, 1.54) is 16.6 Å². The quantitative estimate of drug-likeness (QED) is 0.478. The molecule has 0 amide bonds. The number of aromatic nitrogens is 4. The van der Waals surface area contributed by atoms with Gasteiger partial charge in [0.2, 0.25) is 14.9 Å². The summed E-state index contributed by atoms with van der Waals surface area (Å²) >= 11 is 0. The topological polar surface area (TPSA) is 102 Å². The van der Waals surface area contributed by atoms with Crippen molar-refractivity contribution in [3.8, 4) is 0 Å². The maximum Gasteiger partial charge on any atom is 0.229 e. The van der Waals surface area contributed by atoms with E-state index in [0.29, 0.717) is 17.9 Å². The number of sulfone groups is 1. The molecule has 0 aliphatic heterocycles. The third-order valence-corrected chi connectivity index (χ3v) is 6.21. The van der Waals surface area contributed by atoms with Crippen molar-refractivity contribution in [2.24, 2.45) is 0 Å². The normalized spacial score (nSPS) is 11.9. The zero-order valence-electron chi connectivity index (χ0n) is 15.1. The van der Waals surface area contributed by atoms with Crippen LogP contribution in [0.2, 0.25) is 0 Å². The summed E-state index contributed by atoms with van der Waals surface area (Å²) in [5.74, 6) is 1.26. The van der Waals surface area contributed by atoms with Crippen LogP contribution in [0, 0.1) is 0 Å². The van der Waals surface area contributed by atoms with Gasteiger partial charge in [0.05, 0.1) is 23.2 Å². The molecule has 0 saturated carbocycles. The molecule has 0 saturated heterocycles. The first kappa shape index (κ1) is 17.4. The number of nitrogens with one attached hydrogen (secondary N) is 1. The monoisotopic (exact) mass is 405 g/mol. The van der Waals surface area contributed by atoms with Gasteiger partial charge in [-0.1, -0.05) is 35.5 Å². The maximum atomic E-state index is 13.1. The van der Waals surface area contributed by atoms with Gasteiger partial charge in [-0.05, 0) is 36.4 Å². The Balaban J connectivity index is 1.70. The summed E-state index contributed by atoms with van der Waals surface area (Å²) < 4.78 is 33.0. The molecule has 0 aliphatic rings. The molecule has 0 unspecified atom stereocenters. The molecule has 29 heavy (non-hydrogen) atoms. The van der Waals surface area contributed by atoms with Crippen LogP contribution in [0.1, 0.15) is 5.76 Å². The van der Waals surface area contributed by atoms with Gasteiger partial charge in [-0.25, -0.2) is 13.4 Å². The first-order valence-corrected chi connectivity index (χ1v) is 10.3. The highest BCUT2D eigenvalue weighted by Crippen LogP contribution is 2.28. The van der Waals surface area contributed by atoms with Gasteiger partial charge in [0.1, 0.15) is 11.6 Å². The van der Waals surface area contributed by atoms with E-state index in [4.69, 9.17) is 4.42 Å². The molecule has 8 nitrogen and oxygen atoms in total. The SMILES string of the molecule is O=S(=O)(c1ccccc1)c1nnn2c1nc(NCc1ccco1)c1ccccc12. The number of fused-ring (bicyclic) bond motifs is 3. The second-order valence-electron chi connectivity index (χ2n) is 6.36. The lowest BCUT2D eigenvalue weighted by atomic mass is 10.2. The number of anilines is 1. The minimum atomic E-state index is -3.87. The molecule has 0 spiro atoms. The number of furan rings is 1. The summed E-state index contributed by atoms with van der Waals surface area (Å²) in [6, 6.07) is 19.2. The van der Waals surface area contributed by atoms with Crippen molar-refractivity contribution in [2.75, 3.05) is 5.32 Å². The smallest absolute Gasteiger partial charge is 0.229 e. The molecule has 0 atom stereocenters. The first-order chi connectivity index (χ1) is 14.1. The summed E-state index contributed by atoms with van der Waals surface area (Å²) in [5, 5.41) is 11.9. The molecule has 5 rings (SSSR count). The highest BCUT2D eigenvalue weighted by atomic mass is 32.2. The molecule has 2 aromatic carbocycles. The molecule has 3 aromatic heterocycles. The second-order valence-corrected chi connectivity index (χ2v) is 8.22. The zero-order chi connectivity index (χ0) is 19.8. The van der Waals surface area contributed by atoms with Gasteiger partial charge in [0.15, 0.2) is 5.65 Å². The van der Waals surface area contributed by atoms with Crippen molar-refractivity contribution in [3.05, 3.63) is 78.8 Å². The van der Waals surface area contributed by atoms with Crippen LogP contribution < -0.4 is 5.32 Å². The number of nitrogens with zero attached hydrogens (tertiary/aromatic N) is 4. The molecule has 0 fully saturated rings. The van der Waals surface area contributed by atoms with E-state index in [1.54, 1.807) is 30.5 Å². The molecule has 3 heterocycles. The van der Waals surface area contributed by atoms with Crippen molar-refractivity contribution >= 4 is 32.2 Å². The van der Waals surface area contributed by atoms with Crippen LogP contribution in [0.5, 0.6) is 0 Å². The molecule has 5 aromatic rings. The number of para-hydroxylation sites is 1. The van der Waals surface area contributed by atoms with Crippen LogP contribution in [0.15, 0.2) is 87.3 Å². The van der Waals surface area contributed by atoms with Crippen LogP contribution in [0.3, 0.4) is 0 Å².